The van der Waals surface area contributed by atoms with E-state index in [9.17, 15) is 18.0 Å². The van der Waals surface area contributed by atoms with Crippen LogP contribution < -0.4 is 21.1 Å². The molecule has 0 aliphatic heterocycles. The van der Waals surface area contributed by atoms with Crippen LogP contribution in [-0.4, -0.2) is 23.8 Å². The molecule has 0 radical (unpaired) electrons. The Bertz CT molecular complexity index is 1330. The number of nitrogens with one attached hydrogen (secondary N) is 2. The van der Waals surface area contributed by atoms with Crippen molar-refractivity contribution in [1.82, 2.24) is 4.98 Å². The molecule has 4 rings (SSSR count). The van der Waals surface area contributed by atoms with Crippen molar-refractivity contribution in [3.63, 3.8) is 0 Å². The molecule has 0 bridgehead atoms. The molecule has 6 nitrogen and oxygen atoms in total. The minimum atomic E-state index is -4.88. The molecule has 0 fully saturated rings. The number of nitrogens with zero attached hydrogens (tertiary/aromatic N) is 1. The topological polar surface area (TPSA) is 89.3 Å². The third-order valence-electron chi connectivity index (χ3n) is 5.29. The summed E-state index contributed by atoms with van der Waals surface area (Å²) in [7, 11) is 0. The number of nitrogens with two attached hydrogens (primary N) is 1. The van der Waals surface area contributed by atoms with Gasteiger partial charge in [-0.2, -0.15) is 0 Å². The molecular formula is C27H23F3N4O2. The molecule has 9 heteroatoms. The highest BCUT2D eigenvalue weighted by Gasteiger charge is 2.31. The Balaban J connectivity index is 1.51. The quantitative estimate of drug-likeness (QED) is 0.257. The first-order chi connectivity index (χ1) is 17.3. The summed E-state index contributed by atoms with van der Waals surface area (Å²) in [6, 6.07) is 23.2. The summed E-state index contributed by atoms with van der Waals surface area (Å²) in [6.45, 7) is 0.610. The average molecular weight is 493 g/mol. The molecule has 36 heavy (non-hydrogen) atoms. The number of benzene rings is 3. The largest absolute Gasteiger partial charge is 0.573 e. The van der Waals surface area contributed by atoms with Crippen molar-refractivity contribution < 1.29 is 22.7 Å². The summed E-state index contributed by atoms with van der Waals surface area (Å²) in [6.07, 6.45) is -2.44. The molecule has 0 aliphatic rings. The number of hydrogen-bond donors (Lipinski definition) is 3. The number of rotatable bonds is 8. The first-order valence-corrected chi connectivity index (χ1v) is 11.1. The van der Waals surface area contributed by atoms with Crippen LogP contribution in [-0.2, 0) is 6.42 Å². The van der Waals surface area contributed by atoms with Crippen molar-refractivity contribution in [1.29, 1.82) is 0 Å². The summed E-state index contributed by atoms with van der Waals surface area (Å²) >= 11 is 0. The van der Waals surface area contributed by atoms with Gasteiger partial charge in [0.05, 0.1) is 16.9 Å². The van der Waals surface area contributed by atoms with Crippen LogP contribution in [0.2, 0.25) is 0 Å². The molecule has 184 valence electrons. The predicted molar refractivity (Wildman–Crippen MR) is 134 cm³/mol. The first-order valence-electron chi connectivity index (χ1n) is 11.1. The standard InChI is InChI=1S/C27H23F3N4O2/c28-27(29,30)36-21-10-11-22(18-6-2-1-3-7-18)23(17-21)26(35)34-20-9-12-25(24(31)16-20)33-15-13-19-8-4-5-14-32-19/h1-12,14,16-17,33H,13,15,31H2,(H,34,35). The van der Waals surface area contributed by atoms with Crippen LogP contribution in [0, 0.1) is 0 Å². The highest BCUT2D eigenvalue weighted by Crippen LogP contribution is 2.31. The van der Waals surface area contributed by atoms with Crippen molar-refractivity contribution in [2.75, 3.05) is 22.9 Å². The van der Waals surface area contributed by atoms with E-state index in [4.69, 9.17) is 5.73 Å². The van der Waals surface area contributed by atoms with Gasteiger partial charge in [0.1, 0.15) is 5.75 Å². The van der Waals surface area contributed by atoms with E-state index >= 15 is 0 Å². The van der Waals surface area contributed by atoms with E-state index in [1.807, 2.05) is 18.2 Å². The summed E-state index contributed by atoms with van der Waals surface area (Å²) < 4.78 is 42.3. The number of ether oxygens (including phenoxy) is 1. The first kappa shape index (κ1) is 24.6. The van der Waals surface area contributed by atoms with Gasteiger partial charge in [-0.05, 0) is 59.7 Å². The summed E-state index contributed by atoms with van der Waals surface area (Å²) in [5, 5.41) is 5.95. The lowest BCUT2D eigenvalue weighted by molar-refractivity contribution is -0.274. The van der Waals surface area contributed by atoms with Gasteiger partial charge in [0.25, 0.3) is 5.91 Å². The SMILES string of the molecule is Nc1cc(NC(=O)c2cc(OC(F)(F)F)ccc2-c2ccccc2)ccc1NCCc1ccccn1. The zero-order valence-electron chi connectivity index (χ0n) is 19.0. The van der Waals surface area contributed by atoms with Crippen LogP contribution in [0.5, 0.6) is 5.75 Å². The van der Waals surface area contributed by atoms with Gasteiger partial charge in [-0.1, -0.05) is 36.4 Å². The maximum Gasteiger partial charge on any atom is 0.573 e. The van der Waals surface area contributed by atoms with Crippen LogP contribution in [0.3, 0.4) is 0 Å². The highest BCUT2D eigenvalue weighted by molar-refractivity contribution is 6.09. The summed E-state index contributed by atoms with van der Waals surface area (Å²) in [5.74, 6) is -1.09. The Kier molecular flexibility index (Phi) is 7.39. The number of aromatic nitrogens is 1. The van der Waals surface area contributed by atoms with Crippen molar-refractivity contribution in [2.45, 2.75) is 12.8 Å². The molecule has 1 amide bonds. The van der Waals surface area contributed by atoms with Gasteiger partial charge >= 0.3 is 6.36 Å². The van der Waals surface area contributed by atoms with Crippen molar-refractivity contribution in [2.24, 2.45) is 0 Å². The maximum absolute atomic E-state index is 13.1. The van der Waals surface area contributed by atoms with Crippen molar-refractivity contribution >= 4 is 23.0 Å². The molecule has 3 aromatic carbocycles. The fraction of sp³-hybridized carbons (Fsp3) is 0.111. The number of carbonyl (C=O) groups is 1. The summed E-state index contributed by atoms with van der Waals surface area (Å²) in [5.41, 5.74) is 9.76. The molecule has 0 saturated heterocycles. The van der Waals surface area contributed by atoms with Gasteiger partial charge in [-0.25, -0.2) is 0 Å². The molecule has 0 atom stereocenters. The number of nitrogen functional groups attached to an aromatic ring is 1. The highest BCUT2D eigenvalue weighted by atomic mass is 19.4. The lowest BCUT2D eigenvalue weighted by atomic mass is 9.98. The van der Waals surface area contributed by atoms with Crippen molar-refractivity contribution in [3.8, 4) is 16.9 Å². The number of hydrogen-bond acceptors (Lipinski definition) is 5. The Morgan fingerprint density at radius 3 is 2.42 bits per heavy atom. The van der Waals surface area contributed by atoms with E-state index in [0.29, 0.717) is 41.2 Å². The number of amides is 1. The van der Waals surface area contributed by atoms with Gasteiger partial charge in [-0.3, -0.25) is 9.78 Å². The molecule has 0 unspecified atom stereocenters. The number of alkyl halides is 3. The van der Waals surface area contributed by atoms with E-state index in [-0.39, 0.29) is 5.56 Å². The lowest BCUT2D eigenvalue weighted by Gasteiger charge is -2.15. The minimum Gasteiger partial charge on any atom is -0.406 e. The minimum absolute atomic E-state index is 0.0269. The zero-order valence-corrected chi connectivity index (χ0v) is 19.0. The van der Waals surface area contributed by atoms with E-state index < -0.39 is 18.0 Å². The normalized spacial score (nSPS) is 11.1. The van der Waals surface area contributed by atoms with Gasteiger partial charge in [0.15, 0.2) is 0 Å². The predicted octanol–water partition coefficient (Wildman–Crippen LogP) is 6.14. The molecule has 4 aromatic rings. The fourth-order valence-electron chi connectivity index (χ4n) is 3.65. The van der Waals surface area contributed by atoms with Crippen LogP contribution in [0.4, 0.5) is 30.2 Å². The second-order valence-electron chi connectivity index (χ2n) is 7.88. The van der Waals surface area contributed by atoms with Gasteiger partial charge in [0, 0.05) is 30.5 Å². The number of carbonyl (C=O) groups excluding carboxylic acids is 1. The molecule has 1 heterocycles. The number of anilines is 3. The smallest absolute Gasteiger partial charge is 0.406 e. The Hall–Kier alpha value is -4.53. The monoisotopic (exact) mass is 492 g/mol. The number of halogens is 3. The second kappa shape index (κ2) is 10.8. The van der Waals surface area contributed by atoms with Crippen LogP contribution >= 0.6 is 0 Å². The third kappa shape index (κ3) is 6.53. The van der Waals surface area contributed by atoms with Crippen LogP contribution in [0.1, 0.15) is 16.1 Å². The zero-order chi connectivity index (χ0) is 25.5. The third-order valence-corrected chi connectivity index (χ3v) is 5.29. The molecule has 1 aromatic heterocycles. The van der Waals surface area contributed by atoms with E-state index in [0.717, 1.165) is 11.8 Å². The van der Waals surface area contributed by atoms with E-state index in [2.05, 4.69) is 20.4 Å². The molecule has 0 aliphatic carbocycles. The van der Waals surface area contributed by atoms with Gasteiger partial charge < -0.3 is 21.1 Å². The van der Waals surface area contributed by atoms with E-state index in [1.165, 1.54) is 12.1 Å². The second-order valence-corrected chi connectivity index (χ2v) is 7.88. The molecule has 4 N–H and O–H groups in total. The van der Waals surface area contributed by atoms with Gasteiger partial charge in [-0.15, -0.1) is 13.2 Å². The Labute approximate surface area is 205 Å². The molecular weight excluding hydrogens is 469 g/mol. The summed E-state index contributed by atoms with van der Waals surface area (Å²) in [4.78, 5) is 17.4. The number of pyridine rings is 1. The molecule has 0 saturated carbocycles. The van der Waals surface area contributed by atoms with Crippen molar-refractivity contribution in [3.05, 3.63) is 102 Å². The Morgan fingerprint density at radius 2 is 1.72 bits per heavy atom. The van der Waals surface area contributed by atoms with Gasteiger partial charge in [0.2, 0.25) is 0 Å². The average Bonchev–Trinajstić information content (AvgIpc) is 2.85. The fourth-order valence-corrected chi connectivity index (χ4v) is 3.65. The Morgan fingerprint density at radius 1 is 0.944 bits per heavy atom. The van der Waals surface area contributed by atoms with Crippen LogP contribution in [0.25, 0.3) is 11.1 Å². The van der Waals surface area contributed by atoms with E-state index in [1.54, 1.807) is 54.7 Å². The lowest BCUT2D eigenvalue weighted by Crippen LogP contribution is -2.18. The molecule has 0 spiro atoms. The maximum atomic E-state index is 13.1. The van der Waals surface area contributed by atoms with Crippen LogP contribution in [0.15, 0.2) is 91.1 Å².